The normalized spacial score (nSPS) is 13.0. The fourth-order valence-corrected chi connectivity index (χ4v) is 4.85. The van der Waals surface area contributed by atoms with Gasteiger partial charge in [-0.1, -0.05) is 32.0 Å². The maximum absolute atomic E-state index is 2.40. The molecule has 3 nitrogen and oxygen atoms in total. The van der Waals surface area contributed by atoms with Gasteiger partial charge in [0.1, 0.15) is 17.9 Å². The first kappa shape index (κ1) is 18.0. The standard InChI is InChI=1S/C26H28N3/c1-6-17(2)20-13-14-23(29-18(3)11-12-19(29)4)24-21-9-7-8-10-22(21)28-16-15-27(5)26(28)25(20)24/h7-17H,6H2,1-5H3/q+1. The summed E-state index contributed by atoms with van der Waals surface area (Å²) in [6.07, 6.45) is 5.48. The van der Waals surface area contributed by atoms with Crippen LogP contribution in [0.1, 0.15) is 43.1 Å². The molecule has 0 aliphatic rings. The predicted octanol–water partition coefficient (Wildman–Crippen LogP) is 5.99. The number of benzene rings is 2. The maximum Gasteiger partial charge on any atom is 0.294 e. The molecule has 146 valence electrons. The first-order chi connectivity index (χ1) is 14.0. The lowest BCUT2D eigenvalue weighted by Crippen LogP contribution is -2.26. The number of para-hydroxylation sites is 1. The van der Waals surface area contributed by atoms with Crippen molar-refractivity contribution in [2.45, 2.75) is 40.0 Å². The van der Waals surface area contributed by atoms with Gasteiger partial charge in [-0.05, 0) is 62.1 Å². The second-order valence-electron chi connectivity index (χ2n) is 8.30. The summed E-state index contributed by atoms with van der Waals surface area (Å²) in [4.78, 5) is 0. The molecule has 0 aliphatic carbocycles. The highest BCUT2D eigenvalue weighted by Gasteiger charge is 2.24. The van der Waals surface area contributed by atoms with Crippen LogP contribution in [0.3, 0.4) is 0 Å². The Kier molecular flexibility index (Phi) is 4.02. The van der Waals surface area contributed by atoms with E-state index in [0.29, 0.717) is 5.92 Å². The number of aryl methyl sites for hydroxylation is 3. The van der Waals surface area contributed by atoms with Gasteiger partial charge in [0.2, 0.25) is 0 Å². The van der Waals surface area contributed by atoms with Crippen LogP contribution in [0.4, 0.5) is 0 Å². The van der Waals surface area contributed by atoms with Gasteiger partial charge in [0.25, 0.3) is 5.65 Å². The van der Waals surface area contributed by atoms with E-state index < -0.39 is 0 Å². The summed E-state index contributed by atoms with van der Waals surface area (Å²) >= 11 is 0. The van der Waals surface area contributed by atoms with E-state index in [0.717, 1.165) is 6.42 Å². The van der Waals surface area contributed by atoms with E-state index >= 15 is 0 Å². The molecule has 0 amide bonds. The predicted molar refractivity (Wildman–Crippen MR) is 121 cm³/mol. The van der Waals surface area contributed by atoms with Crippen molar-refractivity contribution in [3.8, 4) is 5.69 Å². The largest absolute Gasteiger partial charge is 0.318 e. The molecule has 5 aromatic rings. The number of rotatable bonds is 3. The Hall–Kier alpha value is -3.07. The molecule has 29 heavy (non-hydrogen) atoms. The smallest absolute Gasteiger partial charge is 0.294 e. The maximum atomic E-state index is 2.40. The van der Waals surface area contributed by atoms with Crippen molar-refractivity contribution in [2.75, 3.05) is 0 Å². The quantitative estimate of drug-likeness (QED) is 0.269. The van der Waals surface area contributed by atoms with Crippen molar-refractivity contribution in [3.05, 3.63) is 77.9 Å². The van der Waals surface area contributed by atoms with E-state index in [4.69, 9.17) is 0 Å². The van der Waals surface area contributed by atoms with Gasteiger partial charge in [0.05, 0.1) is 18.1 Å². The van der Waals surface area contributed by atoms with Crippen LogP contribution >= 0.6 is 0 Å². The van der Waals surface area contributed by atoms with Gasteiger partial charge in [-0.15, -0.1) is 0 Å². The van der Waals surface area contributed by atoms with E-state index in [1.807, 2.05) is 0 Å². The molecule has 0 fully saturated rings. The molecule has 1 unspecified atom stereocenters. The Morgan fingerprint density at radius 2 is 1.66 bits per heavy atom. The van der Waals surface area contributed by atoms with E-state index in [1.54, 1.807) is 0 Å². The fraction of sp³-hybridized carbons (Fsp3) is 0.269. The highest BCUT2D eigenvalue weighted by Crippen LogP contribution is 2.39. The molecule has 0 saturated heterocycles. The summed E-state index contributed by atoms with van der Waals surface area (Å²) in [5.74, 6) is 0.498. The van der Waals surface area contributed by atoms with Gasteiger partial charge in [0, 0.05) is 22.2 Å². The monoisotopic (exact) mass is 382 g/mol. The second-order valence-corrected chi connectivity index (χ2v) is 8.30. The third-order valence-electron chi connectivity index (χ3n) is 6.53. The Morgan fingerprint density at radius 3 is 2.38 bits per heavy atom. The zero-order valence-corrected chi connectivity index (χ0v) is 17.9. The lowest BCUT2D eigenvalue weighted by atomic mass is 9.91. The second kappa shape index (κ2) is 6.48. The molecule has 1 atom stereocenters. The highest BCUT2D eigenvalue weighted by molar-refractivity contribution is 6.16. The van der Waals surface area contributed by atoms with Crippen LogP contribution in [0.15, 0.2) is 60.9 Å². The van der Waals surface area contributed by atoms with Gasteiger partial charge in [0.15, 0.2) is 0 Å². The topological polar surface area (TPSA) is 13.2 Å². The molecule has 0 aliphatic heterocycles. The van der Waals surface area contributed by atoms with Crippen molar-refractivity contribution in [1.82, 2.24) is 8.97 Å². The number of imidazole rings is 1. The van der Waals surface area contributed by atoms with Gasteiger partial charge >= 0.3 is 0 Å². The van der Waals surface area contributed by atoms with Crippen LogP contribution in [0.25, 0.3) is 33.0 Å². The number of hydrogen-bond acceptors (Lipinski definition) is 0. The van der Waals surface area contributed by atoms with Crippen LogP contribution in [-0.4, -0.2) is 8.97 Å². The number of nitrogens with zero attached hydrogens (tertiary/aromatic N) is 3. The molecule has 3 heterocycles. The Bertz CT molecular complexity index is 1360. The summed E-state index contributed by atoms with van der Waals surface area (Å²) in [6, 6.07) is 17.9. The number of hydrogen-bond donors (Lipinski definition) is 0. The van der Waals surface area contributed by atoms with Crippen LogP contribution in [0, 0.1) is 13.8 Å². The zero-order valence-electron chi connectivity index (χ0n) is 17.9. The molecule has 3 aromatic heterocycles. The molecular formula is C26H28N3+. The third kappa shape index (κ3) is 2.46. The van der Waals surface area contributed by atoms with E-state index in [1.165, 1.54) is 50.0 Å². The summed E-state index contributed by atoms with van der Waals surface area (Å²) in [7, 11) is 2.16. The molecule has 0 bridgehead atoms. The highest BCUT2D eigenvalue weighted by atomic mass is 15.1. The molecular weight excluding hydrogens is 354 g/mol. The Labute approximate surface area is 171 Å². The first-order valence-corrected chi connectivity index (χ1v) is 10.5. The van der Waals surface area contributed by atoms with Crippen molar-refractivity contribution in [1.29, 1.82) is 0 Å². The number of aromatic nitrogens is 3. The minimum atomic E-state index is 0.498. The molecule has 0 radical (unpaired) electrons. The zero-order chi connectivity index (χ0) is 20.3. The average molecular weight is 383 g/mol. The lowest BCUT2D eigenvalue weighted by Gasteiger charge is -2.19. The van der Waals surface area contributed by atoms with E-state index in [-0.39, 0.29) is 0 Å². The van der Waals surface area contributed by atoms with Gasteiger partial charge in [-0.2, -0.15) is 4.40 Å². The van der Waals surface area contributed by atoms with Crippen molar-refractivity contribution >= 4 is 27.3 Å². The Balaban J connectivity index is 2.12. The summed E-state index contributed by atoms with van der Waals surface area (Å²) in [5, 5.41) is 4.03. The number of fused-ring (bicyclic) bond motifs is 6. The third-order valence-corrected chi connectivity index (χ3v) is 6.53. The molecule has 0 spiro atoms. The molecule has 2 aromatic carbocycles. The fourth-order valence-electron chi connectivity index (χ4n) is 4.85. The molecule has 0 N–H and O–H groups in total. The Morgan fingerprint density at radius 1 is 0.931 bits per heavy atom. The summed E-state index contributed by atoms with van der Waals surface area (Å²) < 4.78 is 7.01. The molecule has 3 heteroatoms. The van der Waals surface area contributed by atoms with Gasteiger partial charge in [-0.3, -0.25) is 0 Å². The number of pyridine rings is 1. The first-order valence-electron chi connectivity index (χ1n) is 10.5. The summed E-state index contributed by atoms with van der Waals surface area (Å²) in [6.45, 7) is 9.01. The van der Waals surface area contributed by atoms with Crippen LogP contribution in [-0.2, 0) is 7.05 Å². The van der Waals surface area contributed by atoms with Crippen molar-refractivity contribution < 1.29 is 4.57 Å². The van der Waals surface area contributed by atoms with Crippen molar-refractivity contribution in [2.24, 2.45) is 7.05 Å². The van der Waals surface area contributed by atoms with Crippen molar-refractivity contribution in [3.63, 3.8) is 0 Å². The van der Waals surface area contributed by atoms with Crippen LogP contribution in [0.5, 0.6) is 0 Å². The molecule has 5 rings (SSSR count). The van der Waals surface area contributed by atoms with Gasteiger partial charge in [-0.25, -0.2) is 4.57 Å². The SMILES string of the molecule is CCC(C)c1ccc(-n2c(C)ccc2C)c2c3ccccc3n3cc[n+](C)c3c12. The van der Waals surface area contributed by atoms with Crippen LogP contribution in [0.2, 0.25) is 0 Å². The molecule has 0 saturated carbocycles. The average Bonchev–Trinajstić information content (AvgIpc) is 3.29. The van der Waals surface area contributed by atoms with E-state index in [2.05, 4.69) is 109 Å². The van der Waals surface area contributed by atoms with E-state index in [9.17, 15) is 0 Å². The minimum absolute atomic E-state index is 0.498. The minimum Gasteiger partial charge on any atom is -0.318 e. The lowest BCUT2D eigenvalue weighted by molar-refractivity contribution is -0.643. The van der Waals surface area contributed by atoms with Gasteiger partial charge < -0.3 is 4.57 Å². The van der Waals surface area contributed by atoms with Crippen LogP contribution < -0.4 is 4.57 Å². The summed E-state index contributed by atoms with van der Waals surface area (Å²) in [5.41, 5.74) is 7.75.